The van der Waals surface area contributed by atoms with Gasteiger partial charge in [0, 0.05) is 12.7 Å². The molecule has 1 fully saturated rings. The zero-order valence-electron chi connectivity index (χ0n) is 12.5. The summed E-state index contributed by atoms with van der Waals surface area (Å²) in [5.41, 5.74) is 0.349. The highest BCUT2D eigenvalue weighted by Gasteiger charge is 2.28. The zero-order valence-corrected chi connectivity index (χ0v) is 12.5. The number of nitrogens with zero attached hydrogens (tertiary/aromatic N) is 1. The van der Waals surface area contributed by atoms with E-state index in [2.05, 4.69) is 20.4 Å². The van der Waals surface area contributed by atoms with E-state index >= 15 is 0 Å². The maximum atomic E-state index is 12.0. The molecule has 0 aliphatic carbocycles. The maximum Gasteiger partial charge on any atom is 0.422 e. The largest absolute Gasteiger partial charge is 0.468 e. The molecular weight excluding hydrogens is 315 g/mol. The first-order valence-electron chi connectivity index (χ1n) is 7.18. The number of carbonyl (C=O) groups excluding carboxylic acids is 1. The van der Waals surface area contributed by atoms with Crippen molar-refractivity contribution in [3.63, 3.8) is 0 Å². The number of carbonyl (C=O) groups is 1. The van der Waals surface area contributed by atoms with Gasteiger partial charge in [-0.1, -0.05) is 0 Å². The minimum Gasteiger partial charge on any atom is -0.468 e. The number of rotatable bonds is 5. The Balaban J connectivity index is 1.79. The Labute approximate surface area is 131 Å². The Morgan fingerprint density at radius 2 is 2.30 bits per heavy atom. The molecule has 1 aliphatic heterocycles. The highest BCUT2D eigenvalue weighted by Crippen LogP contribution is 2.18. The number of hydrogen-bond acceptors (Lipinski definition) is 4. The van der Waals surface area contributed by atoms with Gasteiger partial charge in [-0.15, -0.1) is 0 Å². The number of urea groups is 1. The van der Waals surface area contributed by atoms with E-state index in [1.54, 1.807) is 0 Å². The summed E-state index contributed by atoms with van der Waals surface area (Å²) in [5, 5.41) is 5.30. The summed E-state index contributed by atoms with van der Waals surface area (Å²) in [6.45, 7) is 1.13. The molecule has 0 saturated carbocycles. The summed E-state index contributed by atoms with van der Waals surface area (Å²) >= 11 is 0. The second kappa shape index (κ2) is 7.49. The van der Waals surface area contributed by atoms with Crippen LogP contribution in [0.2, 0.25) is 0 Å². The molecule has 0 radical (unpaired) electrons. The second-order valence-corrected chi connectivity index (χ2v) is 5.23. The van der Waals surface area contributed by atoms with Crippen molar-refractivity contribution in [2.24, 2.45) is 0 Å². The quantitative estimate of drug-likeness (QED) is 0.869. The van der Waals surface area contributed by atoms with Crippen molar-refractivity contribution in [1.82, 2.24) is 10.3 Å². The van der Waals surface area contributed by atoms with Gasteiger partial charge in [0.05, 0.1) is 24.0 Å². The van der Waals surface area contributed by atoms with E-state index in [0.29, 0.717) is 12.3 Å². The molecule has 23 heavy (non-hydrogen) atoms. The number of pyridine rings is 1. The molecule has 0 aromatic carbocycles. The fourth-order valence-corrected chi connectivity index (χ4v) is 2.16. The van der Waals surface area contributed by atoms with Crippen molar-refractivity contribution in [3.05, 3.63) is 18.3 Å². The standard InChI is InChI=1S/C14H18F3N3O3/c1-9(11-3-2-6-22-11)19-13(21)20-10-4-5-12(18-7-10)23-8-14(15,16)17/h4-5,7,9,11H,2-3,6,8H2,1H3,(H2,19,20,21)/t9-,11-/m0/s1. The number of nitrogens with one attached hydrogen (secondary N) is 2. The normalized spacial score (nSPS) is 19.2. The van der Waals surface area contributed by atoms with Gasteiger partial charge in [0.2, 0.25) is 5.88 Å². The summed E-state index contributed by atoms with van der Waals surface area (Å²) in [6.07, 6.45) is -1.33. The molecule has 2 rings (SSSR count). The Hall–Kier alpha value is -2.03. The van der Waals surface area contributed by atoms with Crippen LogP contribution in [-0.4, -0.2) is 42.6 Å². The van der Waals surface area contributed by atoms with Crippen molar-refractivity contribution >= 4 is 11.7 Å². The first-order valence-corrected chi connectivity index (χ1v) is 7.18. The van der Waals surface area contributed by atoms with Crippen LogP contribution in [0, 0.1) is 0 Å². The zero-order chi connectivity index (χ0) is 16.9. The fourth-order valence-electron chi connectivity index (χ4n) is 2.16. The second-order valence-electron chi connectivity index (χ2n) is 5.23. The molecule has 2 amide bonds. The minimum atomic E-state index is -4.42. The van der Waals surface area contributed by atoms with Crippen LogP contribution in [0.4, 0.5) is 23.7 Å². The van der Waals surface area contributed by atoms with Crippen LogP contribution >= 0.6 is 0 Å². The van der Waals surface area contributed by atoms with E-state index in [9.17, 15) is 18.0 Å². The molecule has 2 heterocycles. The third-order valence-electron chi connectivity index (χ3n) is 3.26. The van der Waals surface area contributed by atoms with Crippen molar-refractivity contribution in [2.45, 2.75) is 38.1 Å². The van der Waals surface area contributed by atoms with E-state index in [0.717, 1.165) is 12.8 Å². The molecule has 1 aliphatic rings. The number of hydrogen-bond donors (Lipinski definition) is 2. The van der Waals surface area contributed by atoms with Crippen LogP contribution < -0.4 is 15.4 Å². The van der Waals surface area contributed by atoms with Gasteiger partial charge in [-0.2, -0.15) is 13.2 Å². The van der Waals surface area contributed by atoms with Gasteiger partial charge in [-0.05, 0) is 25.8 Å². The summed E-state index contributed by atoms with van der Waals surface area (Å²) in [6, 6.07) is 2.10. The van der Waals surface area contributed by atoms with Crippen molar-refractivity contribution in [2.75, 3.05) is 18.5 Å². The highest BCUT2D eigenvalue weighted by molar-refractivity contribution is 5.89. The molecule has 0 unspecified atom stereocenters. The Bertz CT molecular complexity index is 516. The first-order chi connectivity index (χ1) is 10.8. The van der Waals surface area contributed by atoms with Crippen molar-refractivity contribution < 1.29 is 27.4 Å². The predicted molar refractivity (Wildman–Crippen MR) is 76.4 cm³/mol. The van der Waals surface area contributed by atoms with Crippen LogP contribution in [-0.2, 0) is 4.74 Å². The number of aromatic nitrogens is 1. The smallest absolute Gasteiger partial charge is 0.422 e. The highest BCUT2D eigenvalue weighted by atomic mass is 19.4. The van der Waals surface area contributed by atoms with E-state index < -0.39 is 18.8 Å². The third kappa shape index (κ3) is 5.93. The topological polar surface area (TPSA) is 72.5 Å². The number of ether oxygens (including phenoxy) is 2. The average Bonchev–Trinajstić information content (AvgIpc) is 3.00. The summed E-state index contributed by atoms with van der Waals surface area (Å²) in [7, 11) is 0. The summed E-state index contributed by atoms with van der Waals surface area (Å²) < 4.78 is 46.0. The molecule has 6 nitrogen and oxygen atoms in total. The first kappa shape index (κ1) is 17.3. The van der Waals surface area contributed by atoms with Gasteiger partial charge in [0.15, 0.2) is 6.61 Å². The SMILES string of the molecule is C[C@H](NC(=O)Nc1ccc(OCC(F)(F)F)nc1)[C@@H]1CCCO1. The minimum absolute atomic E-state index is 0.00276. The predicted octanol–water partition coefficient (Wildman–Crippen LogP) is 2.71. The Morgan fingerprint density at radius 3 is 2.87 bits per heavy atom. The Morgan fingerprint density at radius 1 is 1.52 bits per heavy atom. The molecule has 128 valence electrons. The summed E-state index contributed by atoms with van der Waals surface area (Å²) in [4.78, 5) is 15.5. The molecule has 1 aromatic rings. The van der Waals surface area contributed by atoms with E-state index in [1.165, 1.54) is 18.3 Å². The van der Waals surface area contributed by atoms with Gasteiger partial charge in [-0.25, -0.2) is 9.78 Å². The van der Waals surface area contributed by atoms with Gasteiger partial charge in [0.25, 0.3) is 0 Å². The fraction of sp³-hybridized carbons (Fsp3) is 0.571. The Kier molecular flexibility index (Phi) is 5.64. The lowest BCUT2D eigenvalue weighted by molar-refractivity contribution is -0.154. The molecule has 1 saturated heterocycles. The number of alkyl halides is 3. The summed E-state index contributed by atoms with van der Waals surface area (Å²) in [5.74, 6) is -0.166. The van der Waals surface area contributed by atoms with E-state index in [-0.39, 0.29) is 18.0 Å². The van der Waals surface area contributed by atoms with E-state index in [4.69, 9.17) is 4.74 Å². The molecular formula is C14H18F3N3O3. The number of anilines is 1. The number of amides is 2. The number of halogens is 3. The molecule has 2 N–H and O–H groups in total. The van der Waals surface area contributed by atoms with Gasteiger partial charge < -0.3 is 20.1 Å². The third-order valence-corrected chi connectivity index (χ3v) is 3.26. The molecule has 1 aromatic heterocycles. The van der Waals surface area contributed by atoms with Crippen molar-refractivity contribution in [3.8, 4) is 5.88 Å². The van der Waals surface area contributed by atoms with Crippen molar-refractivity contribution in [1.29, 1.82) is 0 Å². The lowest BCUT2D eigenvalue weighted by Crippen LogP contribution is -2.42. The molecule has 0 spiro atoms. The van der Waals surface area contributed by atoms with E-state index in [1.807, 2.05) is 6.92 Å². The van der Waals surface area contributed by atoms with Gasteiger partial charge >= 0.3 is 12.2 Å². The van der Waals surface area contributed by atoms with Crippen LogP contribution in [0.3, 0.4) is 0 Å². The van der Waals surface area contributed by atoms with Gasteiger partial charge in [0.1, 0.15) is 0 Å². The van der Waals surface area contributed by atoms with Crippen LogP contribution in [0.25, 0.3) is 0 Å². The van der Waals surface area contributed by atoms with Gasteiger partial charge in [-0.3, -0.25) is 0 Å². The monoisotopic (exact) mass is 333 g/mol. The maximum absolute atomic E-state index is 12.0. The van der Waals surface area contributed by atoms with Crippen LogP contribution in [0.15, 0.2) is 18.3 Å². The lowest BCUT2D eigenvalue weighted by atomic mass is 10.1. The van der Waals surface area contributed by atoms with Crippen LogP contribution in [0.1, 0.15) is 19.8 Å². The molecule has 0 bridgehead atoms. The molecule has 2 atom stereocenters. The lowest BCUT2D eigenvalue weighted by Gasteiger charge is -2.20. The average molecular weight is 333 g/mol. The molecule has 9 heteroatoms. The van der Waals surface area contributed by atoms with Crippen LogP contribution in [0.5, 0.6) is 5.88 Å².